The van der Waals surface area contributed by atoms with Gasteiger partial charge in [0.15, 0.2) is 5.78 Å². The molecule has 0 N–H and O–H groups in total. The number of ether oxygens (including phenoxy) is 1. The monoisotopic (exact) mass is 266 g/mol. The van der Waals surface area contributed by atoms with Crippen LogP contribution in [0.25, 0.3) is 0 Å². The van der Waals surface area contributed by atoms with Crippen LogP contribution in [0, 0.1) is 0 Å². The molecule has 0 aliphatic carbocycles. The van der Waals surface area contributed by atoms with Gasteiger partial charge < -0.3 is 4.74 Å². The first-order valence-electron chi connectivity index (χ1n) is 5.60. The number of carbonyl (C=O) groups excluding carboxylic acids is 1. The van der Waals surface area contributed by atoms with E-state index in [0.29, 0.717) is 5.56 Å². The molecule has 2 rings (SSSR count). The molecular weight excluding hydrogens is 254 g/mol. The number of Topliss-reactive ketones (excluding diaryl/α,β-unsaturated/α-hetero) is 1. The van der Waals surface area contributed by atoms with Crippen molar-refractivity contribution in [3.05, 3.63) is 47.8 Å². The van der Waals surface area contributed by atoms with Crippen LogP contribution in [0.4, 0.5) is 8.78 Å². The van der Waals surface area contributed by atoms with E-state index in [1.54, 1.807) is 24.1 Å². The van der Waals surface area contributed by atoms with E-state index in [0.717, 1.165) is 5.56 Å². The number of aromatic nitrogens is 2. The number of aryl methyl sites for hydroxylation is 1. The van der Waals surface area contributed by atoms with Gasteiger partial charge in [-0.3, -0.25) is 9.48 Å². The molecule has 0 unspecified atom stereocenters. The molecule has 0 saturated heterocycles. The summed E-state index contributed by atoms with van der Waals surface area (Å²) in [7, 11) is 1.77. The van der Waals surface area contributed by atoms with Crippen LogP contribution in [0.15, 0.2) is 36.7 Å². The topological polar surface area (TPSA) is 44.1 Å². The fraction of sp³-hybridized carbons (Fsp3) is 0.231. The smallest absolute Gasteiger partial charge is 0.387 e. The minimum Gasteiger partial charge on any atom is -0.435 e. The Morgan fingerprint density at radius 1 is 1.37 bits per heavy atom. The number of hydrogen-bond acceptors (Lipinski definition) is 3. The molecule has 0 aliphatic heterocycles. The van der Waals surface area contributed by atoms with E-state index in [1.165, 1.54) is 24.3 Å². The summed E-state index contributed by atoms with van der Waals surface area (Å²) in [5, 5.41) is 3.97. The summed E-state index contributed by atoms with van der Waals surface area (Å²) in [5.41, 5.74) is 1.26. The third-order valence-electron chi connectivity index (χ3n) is 2.52. The highest BCUT2D eigenvalue weighted by Gasteiger charge is 2.09. The van der Waals surface area contributed by atoms with Gasteiger partial charge in [0.1, 0.15) is 5.75 Å². The number of nitrogens with zero attached hydrogens (tertiary/aromatic N) is 2. The maximum absolute atomic E-state index is 12.0. The second-order valence-corrected chi connectivity index (χ2v) is 4.03. The highest BCUT2D eigenvalue weighted by Crippen LogP contribution is 2.16. The van der Waals surface area contributed by atoms with Crippen molar-refractivity contribution in [2.45, 2.75) is 13.0 Å². The Hall–Kier alpha value is -2.24. The lowest BCUT2D eigenvalue weighted by Gasteiger charge is -2.05. The number of rotatable bonds is 5. The third-order valence-corrected chi connectivity index (χ3v) is 2.52. The summed E-state index contributed by atoms with van der Waals surface area (Å²) in [6.45, 7) is -2.86. The lowest BCUT2D eigenvalue weighted by Crippen LogP contribution is -2.04. The fourth-order valence-electron chi connectivity index (χ4n) is 1.67. The van der Waals surface area contributed by atoms with Crippen molar-refractivity contribution in [1.29, 1.82) is 0 Å². The van der Waals surface area contributed by atoms with Crippen LogP contribution in [-0.4, -0.2) is 22.2 Å². The van der Waals surface area contributed by atoms with E-state index < -0.39 is 6.61 Å². The molecular formula is C13H12F2N2O2. The van der Waals surface area contributed by atoms with Gasteiger partial charge in [-0.2, -0.15) is 13.9 Å². The van der Waals surface area contributed by atoms with Gasteiger partial charge in [-0.1, -0.05) is 0 Å². The highest BCUT2D eigenvalue weighted by atomic mass is 19.3. The SMILES string of the molecule is Cn1cc(CC(=O)c2ccc(OC(F)F)cc2)cn1. The first kappa shape index (κ1) is 13.2. The number of hydrogen-bond donors (Lipinski definition) is 0. The highest BCUT2D eigenvalue weighted by molar-refractivity contribution is 5.97. The maximum Gasteiger partial charge on any atom is 0.387 e. The van der Waals surface area contributed by atoms with Crippen LogP contribution in [0.1, 0.15) is 15.9 Å². The van der Waals surface area contributed by atoms with Crippen LogP contribution in [-0.2, 0) is 13.5 Å². The van der Waals surface area contributed by atoms with Crippen LogP contribution in [0.3, 0.4) is 0 Å². The predicted octanol–water partition coefficient (Wildman–Crippen LogP) is 2.45. The summed E-state index contributed by atoms with van der Waals surface area (Å²) in [5.74, 6) is -0.0653. The average Bonchev–Trinajstić information content (AvgIpc) is 2.75. The van der Waals surface area contributed by atoms with Gasteiger partial charge in [0.2, 0.25) is 0 Å². The molecule has 1 heterocycles. The number of alkyl halides is 2. The maximum atomic E-state index is 12.0. The van der Waals surface area contributed by atoms with Crippen molar-refractivity contribution < 1.29 is 18.3 Å². The van der Waals surface area contributed by atoms with Gasteiger partial charge in [-0.15, -0.1) is 0 Å². The van der Waals surface area contributed by atoms with E-state index >= 15 is 0 Å². The van der Waals surface area contributed by atoms with Crippen molar-refractivity contribution in [2.75, 3.05) is 0 Å². The van der Waals surface area contributed by atoms with Gasteiger partial charge in [0, 0.05) is 25.2 Å². The summed E-state index contributed by atoms with van der Waals surface area (Å²) in [4.78, 5) is 11.9. The zero-order valence-electron chi connectivity index (χ0n) is 10.2. The summed E-state index contributed by atoms with van der Waals surface area (Å²) < 4.78 is 29.8. The minimum atomic E-state index is -2.86. The number of benzene rings is 1. The Morgan fingerprint density at radius 2 is 2.05 bits per heavy atom. The second-order valence-electron chi connectivity index (χ2n) is 4.03. The molecule has 0 amide bonds. The predicted molar refractivity (Wildman–Crippen MR) is 64.3 cm³/mol. The van der Waals surface area contributed by atoms with Gasteiger partial charge in [-0.05, 0) is 29.8 Å². The normalized spacial score (nSPS) is 10.7. The molecule has 1 aromatic heterocycles. The van der Waals surface area contributed by atoms with Gasteiger partial charge in [-0.25, -0.2) is 0 Å². The minimum absolute atomic E-state index is 0.0351. The molecule has 100 valence electrons. The Morgan fingerprint density at radius 3 is 2.58 bits per heavy atom. The molecule has 0 radical (unpaired) electrons. The van der Waals surface area contributed by atoms with Crippen LogP contribution in [0.2, 0.25) is 0 Å². The van der Waals surface area contributed by atoms with E-state index in [4.69, 9.17) is 0 Å². The van der Waals surface area contributed by atoms with E-state index in [9.17, 15) is 13.6 Å². The van der Waals surface area contributed by atoms with Crippen molar-refractivity contribution in [2.24, 2.45) is 7.05 Å². The summed E-state index contributed by atoms with van der Waals surface area (Å²) in [6.07, 6.45) is 3.60. The molecule has 1 aromatic carbocycles. The van der Waals surface area contributed by atoms with Crippen molar-refractivity contribution in [3.8, 4) is 5.75 Å². The van der Waals surface area contributed by atoms with E-state index in [-0.39, 0.29) is 18.0 Å². The first-order chi connectivity index (χ1) is 9.04. The average molecular weight is 266 g/mol. The molecule has 0 atom stereocenters. The molecule has 4 nitrogen and oxygen atoms in total. The molecule has 0 bridgehead atoms. The largest absolute Gasteiger partial charge is 0.435 e. The van der Waals surface area contributed by atoms with Gasteiger partial charge in [0.25, 0.3) is 0 Å². The van der Waals surface area contributed by atoms with Crippen molar-refractivity contribution in [3.63, 3.8) is 0 Å². The second kappa shape index (κ2) is 5.60. The van der Waals surface area contributed by atoms with Gasteiger partial charge >= 0.3 is 6.61 Å². The Kier molecular flexibility index (Phi) is 3.89. The van der Waals surface area contributed by atoms with Crippen LogP contribution in [0.5, 0.6) is 5.75 Å². The van der Waals surface area contributed by atoms with Crippen LogP contribution < -0.4 is 4.74 Å². The van der Waals surface area contributed by atoms with E-state index in [2.05, 4.69) is 9.84 Å². The number of ketones is 1. The van der Waals surface area contributed by atoms with Crippen molar-refractivity contribution in [1.82, 2.24) is 9.78 Å². The summed E-state index contributed by atoms with van der Waals surface area (Å²) in [6, 6.07) is 5.64. The van der Waals surface area contributed by atoms with E-state index in [1.807, 2.05) is 0 Å². The molecule has 0 aliphatic rings. The van der Waals surface area contributed by atoms with Gasteiger partial charge in [0.05, 0.1) is 6.20 Å². The Balaban J connectivity index is 2.03. The van der Waals surface area contributed by atoms with Crippen LogP contribution >= 0.6 is 0 Å². The molecule has 6 heteroatoms. The molecule has 2 aromatic rings. The Bertz CT molecular complexity index is 564. The molecule has 0 saturated carbocycles. The number of carbonyl (C=O) groups is 1. The Labute approximate surface area is 108 Å². The number of halogens is 2. The molecule has 0 spiro atoms. The lowest BCUT2D eigenvalue weighted by atomic mass is 10.1. The lowest BCUT2D eigenvalue weighted by molar-refractivity contribution is -0.0498. The standard InChI is InChI=1S/C13H12F2N2O2/c1-17-8-9(7-16-17)6-12(18)10-2-4-11(5-3-10)19-13(14)15/h2-5,7-8,13H,6H2,1H3. The third kappa shape index (κ3) is 3.61. The quantitative estimate of drug-likeness (QED) is 0.781. The summed E-state index contributed by atoms with van der Waals surface area (Å²) >= 11 is 0. The zero-order valence-corrected chi connectivity index (χ0v) is 10.2. The molecule has 19 heavy (non-hydrogen) atoms. The molecule has 0 fully saturated rings. The van der Waals surface area contributed by atoms with Crippen molar-refractivity contribution >= 4 is 5.78 Å². The zero-order chi connectivity index (χ0) is 13.8. The first-order valence-corrected chi connectivity index (χ1v) is 5.60. The fourth-order valence-corrected chi connectivity index (χ4v) is 1.67.